The minimum atomic E-state index is -0.0249. The predicted molar refractivity (Wildman–Crippen MR) is 79.4 cm³/mol. The third kappa shape index (κ3) is 2.27. The van der Waals surface area contributed by atoms with Crippen molar-refractivity contribution in [2.24, 2.45) is 29.1 Å². The van der Waals surface area contributed by atoms with Crippen molar-refractivity contribution < 1.29 is 14.3 Å². The molecule has 1 aliphatic heterocycles. The second-order valence-corrected chi connectivity index (χ2v) is 7.78. The average molecular weight is 293 g/mol. The van der Waals surface area contributed by atoms with Crippen LogP contribution in [0.25, 0.3) is 0 Å². The Labute approximate surface area is 127 Å². The van der Waals surface area contributed by atoms with E-state index in [0.717, 1.165) is 19.3 Å². The van der Waals surface area contributed by atoms with Gasteiger partial charge in [-0.05, 0) is 37.0 Å². The molecule has 0 radical (unpaired) electrons. The molecule has 2 aliphatic carbocycles. The van der Waals surface area contributed by atoms with Crippen LogP contribution in [0.4, 0.5) is 0 Å². The van der Waals surface area contributed by atoms with Crippen LogP contribution < -0.4 is 5.32 Å². The van der Waals surface area contributed by atoms with Gasteiger partial charge in [-0.1, -0.05) is 20.8 Å². The summed E-state index contributed by atoms with van der Waals surface area (Å²) in [6.07, 6.45) is 4.48. The number of amides is 1. The summed E-state index contributed by atoms with van der Waals surface area (Å²) in [6, 6.07) is 0.217. The molecule has 0 aromatic carbocycles. The lowest BCUT2D eigenvalue weighted by Crippen LogP contribution is -2.56. The molecule has 0 spiro atoms. The quantitative estimate of drug-likeness (QED) is 0.756. The number of hydrogen-bond donors (Lipinski definition) is 1. The van der Waals surface area contributed by atoms with Crippen LogP contribution >= 0.6 is 0 Å². The first kappa shape index (κ1) is 14.9. The standard InChI is InChI=1S/C17H27NO3/c1-9-12-5-7-17(4)8-6-13(18-11(3)19)10(2)14(17)15(12)21-16(9)20/h9-10,12-15H,5-8H2,1-4H3,(H,18,19)/t9-,10+,12-,13-,14+,15-,17-/m0/s1. The van der Waals surface area contributed by atoms with Gasteiger partial charge in [0, 0.05) is 24.8 Å². The average Bonchev–Trinajstić information content (AvgIpc) is 2.68. The van der Waals surface area contributed by atoms with E-state index in [0.29, 0.717) is 17.8 Å². The van der Waals surface area contributed by atoms with E-state index in [-0.39, 0.29) is 35.4 Å². The summed E-state index contributed by atoms with van der Waals surface area (Å²) in [5.74, 6) is 1.15. The summed E-state index contributed by atoms with van der Waals surface area (Å²) in [4.78, 5) is 23.4. The minimum Gasteiger partial charge on any atom is -0.462 e. The molecule has 1 heterocycles. The molecular formula is C17H27NO3. The zero-order valence-electron chi connectivity index (χ0n) is 13.5. The Morgan fingerprint density at radius 1 is 1.29 bits per heavy atom. The molecule has 3 fully saturated rings. The van der Waals surface area contributed by atoms with E-state index < -0.39 is 0 Å². The number of nitrogens with one attached hydrogen (secondary N) is 1. The molecule has 118 valence electrons. The summed E-state index contributed by atoms with van der Waals surface area (Å²) in [7, 11) is 0. The summed E-state index contributed by atoms with van der Waals surface area (Å²) in [5, 5.41) is 3.10. The van der Waals surface area contributed by atoms with Crippen LogP contribution in [0.15, 0.2) is 0 Å². The largest absolute Gasteiger partial charge is 0.462 e. The highest BCUT2D eigenvalue weighted by Gasteiger charge is 2.58. The van der Waals surface area contributed by atoms with Crippen LogP contribution in [0.3, 0.4) is 0 Å². The van der Waals surface area contributed by atoms with E-state index in [1.165, 1.54) is 6.42 Å². The highest BCUT2D eigenvalue weighted by Crippen LogP contribution is 2.57. The van der Waals surface area contributed by atoms with Crippen molar-refractivity contribution in [1.29, 1.82) is 0 Å². The van der Waals surface area contributed by atoms with Gasteiger partial charge >= 0.3 is 5.97 Å². The van der Waals surface area contributed by atoms with E-state index in [4.69, 9.17) is 4.74 Å². The summed E-state index contributed by atoms with van der Waals surface area (Å²) in [5.41, 5.74) is 0.250. The number of rotatable bonds is 1. The summed E-state index contributed by atoms with van der Waals surface area (Å²) >= 11 is 0. The molecule has 2 saturated carbocycles. The first-order chi connectivity index (χ1) is 9.83. The van der Waals surface area contributed by atoms with E-state index >= 15 is 0 Å². The van der Waals surface area contributed by atoms with Crippen molar-refractivity contribution in [3.8, 4) is 0 Å². The zero-order valence-corrected chi connectivity index (χ0v) is 13.5. The fraction of sp³-hybridized carbons (Fsp3) is 0.882. The highest BCUT2D eigenvalue weighted by atomic mass is 16.6. The first-order valence-electron chi connectivity index (χ1n) is 8.31. The Morgan fingerprint density at radius 2 is 1.95 bits per heavy atom. The topological polar surface area (TPSA) is 55.4 Å². The lowest BCUT2D eigenvalue weighted by atomic mass is 9.52. The van der Waals surface area contributed by atoms with Crippen LogP contribution in [0, 0.1) is 29.1 Å². The summed E-state index contributed by atoms with van der Waals surface area (Å²) < 4.78 is 5.78. The van der Waals surface area contributed by atoms with Gasteiger partial charge in [-0.2, -0.15) is 0 Å². The third-order valence-electron chi connectivity index (χ3n) is 6.51. The van der Waals surface area contributed by atoms with Crippen molar-refractivity contribution >= 4 is 11.9 Å². The number of carbonyl (C=O) groups is 2. The second kappa shape index (κ2) is 4.99. The van der Waals surface area contributed by atoms with Crippen molar-refractivity contribution in [2.45, 2.75) is 65.5 Å². The molecule has 7 atom stereocenters. The minimum absolute atomic E-state index is 0.0249. The predicted octanol–water partition coefficient (Wildman–Crippen LogP) is 2.52. The molecule has 1 saturated heterocycles. The van der Waals surface area contributed by atoms with Gasteiger partial charge in [-0.15, -0.1) is 0 Å². The van der Waals surface area contributed by atoms with Gasteiger partial charge in [0.2, 0.25) is 5.91 Å². The molecule has 0 unspecified atom stereocenters. The highest BCUT2D eigenvalue weighted by molar-refractivity contribution is 5.75. The third-order valence-corrected chi connectivity index (χ3v) is 6.51. The number of ether oxygens (including phenoxy) is 1. The van der Waals surface area contributed by atoms with Gasteiger partial charge in [-0.25, -0.2) is 0 Å². The fourth-order valence-electron chi connectivity index (χ4n) is 5.29. The van der Waals surface area contributed by atoms with E-state index in [1.54, 1.807) is 6.92 Å². The van der Waals surface area contributed by atoms with Gasteiger partial charge < -0.3 is 10.1 Å². The lowest BCUT2D eigenvalue weighted by Gasteiger charge is -2.54. The Balaban J connectivity index is 1.87. The van der Waals surface area contributed by atoms with Gasteiger partial charge in [0.25, 0.3) is 0 Å². The fourth-order valence-corrected chi connectivity index (χ4v) is 5.29. The van der Waals surface area contributed by atoms with Crippen LogP contribution in [-0.4, -0.2) is 24.0 Å². The Morgan fingerprint density at radius 3 is 2.62 bits per heavy atom. The molecule has 0 aromatic heterocycles. The van der Waals surface area contributed by atoms with Crippen LogP contribution in [-0.2, 0) is 14.3 Å². The zero-order chi connectivity index (χ0) is 15.4. The van der Waals surface area contributed by atoms with Crippen molar-refractivity contribution in [3.63, 3.8) is 0 Å². The number of fused-ring (bicyclic) bond motifs is 3. The monoisotopic (exact) mass is 293 g/mol. The molecule has 21 heavy (non-hydrogen) atoms. The lowest BCUT2D eigenvalue weighted by molar-refractivity contribution is -0.154. The molecule has 1 amide bonds. The molecule has 0 bridgehead atoms. The van der Waals surface area contributed by atoms with Gasteiger partial charge in [-0.3, -0.25) is 9.59 Å². The molecular weight excluding hydrogens is 266 g/mol. The van der Waals surface area contributed by atoms with Crippen LogP contribution in [0.1, 0.15) is 53.4 Å². The molecule has 0 aromatic rings. The smallest absolute Gasteiger partial charge is 0.309 e. The second-order valence-electron chi connectivity index (χ2n) is 7.78. The molecule has 4 heteroatoms. The van der Waals surface area contributed by atoms with Crippen molar-refractivity contribution in [1.82, 2.24) is 5.32 Å². The van der Waals surface area contributed by atoms with Crippen molar-refractivity contribution in [2.75, 3.05) is 0 Å². The Kier molecular flexibility index (Phi) is 3.53. The Bertz CT molecular complexity index is 463. The van der Waals surface area contributed by atoms with Crippen molar-refractivity contribution in [3.05, 3.63) is 0 Å². The maximum atomic E-state index is 12.0. The molecule has 1 N–H and O–H groups in total. The van der Waals surface area contributed by atoms with Gasteiger partial charge in [0.05, 0.1) is 5.92 Å². The first-order valence-corrected chi connectivity index (χ1v) is 8.31. The number of hydrogen-bond acceptors (Lipinski definition) is 3. The Hall–Kier alpha value is -1.06. The SMILES string of the molecule is CC(=O)N[C@H]1CC[C@]2(C)CC[C@@H]3[C@H](OC(=O)[C@H]3C)[C@H]2[C@@H]1C. The van der Waals surface area contributed by atoms with E-state index in [9.17, 15) is 9.59 Å². The van der Waals surface area contributed by atoms with E-state index in [1.807, 2.05) is 6.92 Å². The molecule has 4 nitrogen and oxygen atoms in total. The normalized spacial score (nSPS) is 49.0. The maximum absolute atomic E-state index is 12.0. The number of esters is 1. The summed E-state index contributed by atoms with van der Waals surface area (Å²) in [6.45, 7) is 8.17. The van der Waals surface area contributed by atoms with Gasteiger partial charge in [0.15, 0.2) is 0 Å². The number of carbonyl (C=O) groups excluding carboxylic acids is 2. The maximum Gasteiger partial charge on any atom is 0.309 e. The van der Waals surface area contributed by atoms with Crippen LogP contribution in [0.2, 0.25) is 0 Å². The van der Waals surface area contributed by atoms with Crippen LogP contribution in [0.5, 0.6) is 0 Å². The molecule has 3 aliphatic rings. The van der Waals surface area contributed by atoms with Gasteiger partial charge in [0.1, 0.15) is 6.10 Å². The molecule has 3 rings (SSSR count). The van der Waals surface area contributed by atoms with E-state index in [2.05, 4.69) is 19.2 Å².